The van der Waals surface area contributed by atoms with Crippen molar-refractivity contribution in [2.75, 3.05) is 5.73 Å². The van der Waals surface area contributed by atoms with Gasteiger partial charge in [-0.3, -0.25) is 0 Å². The van der Waals surface area contributed by atoms with Crippen molar-refractivity contribution in [1.29, 1.82) is 0 Å². The highest BCUT2D eigenvalue weighted by Crippen LogP contribution is 2.22. The van der Waals surface area contributed by atoms with E-state index in [9.17, 15) is 4.39 Å². The number of benzene rings is 1. The molecule has 1 aromatic carbocycles. The van der Waals surface area contributed by atoms with Crippen molar-refractivity contribution in [2.45, 2.75) is 0 Å². The normalized spacial score (nSPS) is 10.3. The van der Waals surface area contributed by atoms with Gasteiger partial charge in [0.1, 0.15) is 11.6 Å². The zero-order chi connectivity index (χ0) is 10.8. The first-order chi connectivity index (χ1) is 7.16. The molecule has 2 rings (SSSR count). The lowest BCUT2D eigenvalue weighted by Gasteiger charge is -2.02. The molecule has 0 spiro atoms. The first-order valence-electron chi connectivity index (χ1n) is 4.21. The molecular formula is C10H7ClFN3. The van der Waals surface area contributed by atoms with Gasteiger partial charge >= 0.3 is 0 Å². The number of aromatic nitrogens is 2. The van der Waals surface area contributed by atoms with E-state index < -0.39 is 5.82 Å². The Morgan fingerprint density at radius 1 is 1.27 bits per heavy atom. The average molecular weight is 224 g/mol. The van der Waals surface area contributed by atoms with Crippen molar-refractivity contribution in [3.05, 3.63) is 41.3 Å². The van der Waals surface area contributed by atoms with E-state index in [1.165, 1.54) is 24.4 Å². The summed E-state index contributed by atoms with van der Waals surface area (Å²) in [7, 11) is 0. The highest BCUT2D eigenvalue weighted by Gasteiger charge is 2.08. The summed E-state index contributed by atoms with van der Waals surface area (Å²) in [5.41, 5.74) is 5.76. The van der Waals surface area contributed by atoms with Crippen molar-refractivity contribution >= 4 is 17.4 Å². The van der Waals surface area contributed by atoms with Crippen LogP contribution in [0.1, 0.15) is 0 Å². The van der Waals surface area contributed by atoms with Crippen LogP contribution in [-0.2, 0) is 0 Å². The van der Waals surface area contributed by atoms with Gasteiger partial charge in [0.05, 0.1) is 5.56 Å². The van der Waals surface area contributed by atoms with E-state index in [2.05, 4.69) is 9.97 Å². The lowest BCUT2D eigenvalue weighted by molar-refractivity contribution is 0.630. The van der Waals surface area contributed by atoms with E-state index in [1.54, 1.807) is 6.07 Å². The van der Waals surface area contributed by atoms with Crippen molar-refractivity contribution in [3.63, 3.8) is 0 Å². The molecule has 2 aromatic rings. The van der Waals surface area contributed by atoms with Crippen LogP contribution in [0.25, 0.3) is 11.4 Å². The Hall–Kier alpha value is -1.68. The molecule has 0 bridgehead atoms. The maximum atomic E-state index is 13.5. The monoisotopic (exact) mass is 223 g/mol. The van der Waals surface area contributed by atoms with Gasteiger partial charge in [0.15, 0.2) is 5.82 Å². The predicted octanol–water partition coefficient (Wildman–Crippen LogP) is 2.52. The van der Waals surface area contributed by atoms with Crippen LogP contribution in [0.2, 0.25) is 5.02 Å². The van der Waals surface area contributed by atoms with E-state index in [4.69, 9.17) is 17.3 Å². The summed E-state index contributed by atoms with van der Waals surface area (Å²) in [6.07, 6.45) is 1.48. The average Bonchev–Trinajstić information content (AvgIpc) is 2.17. The third-order valence-electron chi connectivity index (χ3n) is 1.85. The van der Waals surface area contributed by atoms with Gasteiger partial charge in [-0.25, -0.2) is 14.4 Å². The molecule has 76 valence electrons. The van der Waals surface area contributed by atoms with Crippen LogP contribution < -0.4 is 5.73 Å². The van der Waals surface area contributed by atoms with Gasteiger partial charge in [-0.15, -0.1) is 0 Å². The summed E-state index contributed by atoms with van der Waals surface area (Å²) in [5, 5.41) is 0.333. The van der Waals surface area contributed by atoms with Gasteiger partial charge in [-0.2, -0.15) is 0 Å². The van der Waals surface area contributed by atoms with E-state index in [0.29, 0.717) is 10.8 Å². The number of nitrogen functional groups attached to an aromatic ring is 1. The summed E-state index contributed by atoms with van der Waals surface area (Å²) in [6.45, 7) is 0. The lowest BCUT2D eigenvalue weighted by Crippen LogP contribution is -1.96. The van der Waals surface area contributed by atoms with Gasteiger partial charge in [0.25, 0.3) is 0 Å². The number of hydrogen-bond donors (Lipinski definition) is 1. The number of halogens is 2. The number of nitrogens with two attached hydrogens (primary N) is 1. The van der Waals surface area contributed by atoms with Crippen LogP contribution in [0.5, 0.6) is 0 Å². The molecule has 15 heavy (non-hydrogen) atoms. The molecule has 0 aliphatic heterocycles. The lowest BCUT2D eigenvalue weighted by atomic mass is 10.2. The molecule has 0 aliphatic carbocycles. The second-order valence-electron chi connectivity index (χ2n) is 2.93. The molecule has 0 amide bonds. The molecule has 1 heterocycles. The smallest absolute Gasteiger partial charge is 0.164 e. The molecule has 0 radical (unpaired) electrons. The van der Waals surface area contributed by atoms with E-state index >= 15 is 0 Å². The molecule has 0 atom stereocenters. The molecule has 0 saturated carbocycles. The minimum atomic E-state index is -0.465. The Kier molecular flexibility index (Phi) is 2.51. The van der Waals surface area contributed by atoms with Gasteiger partial charge in [0.2, 0.25) is 0 Å². The van der Waals surface area contributed by atoms with Crippen LogP contribution in [0.15, 0.2) is 30.5 Å². The minimum Gasteiger partial charge on any atom is -0.384 e. The molecule has 5 heteroatoms. The largest absolute Gasteiger partial charge is 0.384 e. The fourth-order valence-electron chi connectivity index (χ4n) is 1.17. The van der Waals surface area contributed by atoms with Gasteiger partial charge in [-0.1, -0.05) is 11.6 Å². The number of anilines is 1. The summed E-state index contributed by atoms with van der Waals surface area (Å²) in [5.74, 6) is 0.0895. The van der Waals surface area contributed by atoms with E-state index in [1.807, 2.05) is 0 Å². The number of rotatable bonds is 1. The fourth-order valence-corrected chi connectivity index (χ4v) is 1.33. The zero-order valence-electron chi connectivity index (χ0n) is 7.61. The van der Waals surface area contributed by atoms with Crippen LogP contribution in [0.4, 0.5) is 10.2 Å². The summed E-state index contributed by atoms with van der Waals surface area (Å²) in [4.78, 5) is 7.84. The topological polar surface area (TPSA) is 51.8 Å². The molecule has 2 N–H and O–H groups in total. The molecule has 0 fully saturated rings. The summed E-state index contributed by atoms with van der Waals surface area (Å²) >= 11 is 5.63. The predicted molar refractivity (Wildman–Crippen MR) is 56.8 cm³/mol. The van der Waals surface area contributed by atoms with Crippen molar-refractivity contribution in [1.82, 2.24) is 9.97 Å². The van der Waals surface area contributed by atoms with Gasteiger partial charge in [-0.05, 0) is 24.3 Å². The first kappa shape index (κ1) is 9.86. The highest BCUT2D eigenvalue weighted by atomic mass is 35.5. The van der Waals surface area contributed by atoms with Crippen molar-refractivity contribution in [2.24, 2.45) is 0 Å². The van der Waals surface area contributed by atoms with Crippen LogP contribution >= 0.6 is 11.6 Å². The second kappa shape index (κ2) is 3.82. The maximum absolute atomic E-state index is 13.5. The quantitative estimate of drug-likeness (QED) is 0.808. The van der Waals surface area contributed by atoms with Gasteiger partial charge < -0.3 is 5.73 Å². The standard InChI is InChI=1S/C10H7ClFN3/c11-6-1-2-7(8(12)5-6)10-14-4-3-9(13)15-10/h1-5H,(H2,13,14,15). The third-order valence-corrected chi connectivity index (χ3v) is 2.08. The molecule has 1 aromatic heterocycles. The van der Waals surface area contributed by atoms with E-state index in [-0.39, 0.29) is 11.4 Å². The third kappa shape index (κ3) is 2.05. The molecule has 3 nitrogen and oxygen atoms in total. The van der Waals surface area contributed by atoms with Crippen molar-refractivity contribution in [3.8, 4) is 11.4 Å². The zero-order valence-corrected chi connectivity index (χ0v) is 8.37. The van der Waals surface area contributed by atoms with Crippen LogP contribution in [-0.4, -0.2) is 9.97 Å². The molecule has 0 unspecified atom stereocenters. The maximum Gasteiger partial charge on any atom is 0.164 e. The number of hydrogen-bond acceptors (Lipinski definition) is 3. The van der Waals surface area contributed by atoms with Gasteiger partial charge in [0, 0.05) is 11.2 Å². The fraction of sp³-hybridized carbons (Fsp3) is 0. The molecule has 0 aliphatic rings. The van der Waals surface area contributed by atoms with Crippen molar-refractivity contribution < 1.29 is 4.39 Å². The summed E-state index contributed by atoms with van der Waals surface area (Å²) < 4.78 is 13.5. The van der Waals surface area contributed by atoms with Crippen LogP contribution in [0.3, 0.4) is 0 Å². The van der Waals surface area contributed by atoms with Crippen LogP contribution in [0, 0.1) is 5.82 Å². The Balaban J connectivity index is 2.54. The molecule has 0 saturated heterocycles. The number of nitrogens with zero attached hydrogens (tertiary/aromatic N) is 2. The Morgan fingerprint density at radius 3 is 2.73 bits per heavy atom. The molecular weight excluding hydrogens is 217 g/mol. The first-order valence-corrected chi connectivity index (χ1v) is 4.58. The second-order valence-corrected chi connectivity index (χ2v) is 3.37. The Morgan fingerprint density at radius 2 is 2.07 bits per heavy atom. The van der Waals surface area contributed by atoms with E-state index in [0.717, 1.165) is 0 Å². The Bertz CT molecular complexity index is 502. The SMILES string of the molecule is Nc1ccnc(-c2ccc(Cl)cc2F)n1. The minimum absolute atomic E-state index is 0.254. The Labute approximate surface area is 90.7 Å². The summed E-state index contributed by atoms with van der Waals surface area (Å²) in [6, 6.07) is 5.85. The highest BCUT2D eigenvalue weighted by molar-refractivity contribution is 6.30.